The lowest BCUT2D eigenvalue weighted by molar-refractivity contribution is 0.476. The molecular weight excluding hydrogens is 222 g/mol. The minimum Gasteiger partial charge on any atom is -0.508 e. The van der Waals surface area contributed by atoms with Crippen molar-refractivity contribution in [1.29, 1.82) is 0 Å². The van der Waals surface area contributed by atoms with Gasteiger partial charge in [0.05, 0.1) is 5.52 Å². The second-order valence-corrected chi connectivity index (χ2v) is 4.33. The third kappa shape index (κ3) is 2.05. The fraction of sp³-hybridized carbons (Fsp3) is 0.0625. The van der Waals surface area contributed by atoms with Gasteiger partial charge in [0.25, 0.3) is 0 Å². The Morgan fingerprint density at radius 3 is 2.61 bits per heavy atom. The van der Waals surface area contributed by atoms with Gasteiger partial charge in [0, 0.05) is 17.6 Å². The Hall–Kier alpha value is -2.35. The molecule has 0 amide bonds. The highest BCUT2D eigenvalue weighted by Gasteiger charge is 2.03. The molecule has 2 nitrogen and oxygen atoms in total. The Morgan fingerprint density at radius 1 is 0.944 bits per heavy atom. The van der Waals surface area contributed by atoms with Crippen molar-refractivity contribution in [2.45, 2.75) is 6.42 Å². The number of nitrogens with zero attached hydrogens (tertiary/aromatic N) is 1. The van der Waals surface area contributed by atoms with Gasteiger partial charge >= 0.3 is 0 Å². The number of benzene rings is 2. The maximum absolute atomic E-state index is 9.47. The molecule has 1 N–H and O–H groups in total. The van der Waals surface area contributed by atoms with Gasteiger partial charge in [0.15, 0.2) is 0 Å². The molecule has 2 aromatic carbocycles. The van der Waals surface area contributed by atoms with E-state index in [-0.39, 0.29) is 5.75 Å². The van der Waals surface area contributed by atoms with Gasteiger partial charge in [-0.25, -0.2) is 0 Å². The number of hydrogen-bond donors (Lipinski definition) is 1. The van der Waals surface area contributed by atoms with Crippen molar-refractivity contribution < 1.29 is 5.11 Å². The Kier molecular flexibility index (Phi) is 2.69. The number of pyridine rings is 1. The molecule has 2 heteroatoms. The van der Waals surface area contributed by atoms with Crippen LogP contribution in [0.4, 0.5) is 0 Å². The van der Waals surface area contributed by atoms with Crippen LogP contribution in [0, 0.1) is 0 Å². The van der Waals surface area contributed by atoms with Gasteiger partial charge in [0.2, 0.25) is 0 Å². The number of hydrogen-bond acceptors (Lipinski definition) is 2. The lowest BCUT2D eigenvalue weighted by Crippen LogP contribution is -1.91. The Bertz CT molecular complexity index is 677. The maximum Gasteiger partial charge on any atom is 0.117 e. The van der Waals surface area contributed by atoms with Crippen molar-refractivity contribution in [3.63, 3.8) is 0 Å². The van der Waals surface area contributed by atoms with Crippen LogP contribution in [-0.2, 0) is 6.42 Å². The molecule has 0 saturated carbocycles. The van der Waals surface area contributed by atoms with Crippen molar-refractivity contribution in [2.24, 2.45) is 0 Å². The largest absolute Gasteiger partial charge is 0.508 e. The smallest absolute Gasteiger partial charge is 0.117 e. The minimum atomic E-state index is 0.256. The molecule has 0 radical (unpaired) electrons. The van der Waals surface area contributed by atoms with Gasteiger partial charge in [-0.05, 0) is 35.7 Å². The van der Waals surface area contributed by atoms with Crippen molar-refractivity contribution in [3.05, 3.63) is 71.9 Å². The molecule has 0 aliphatic rings. The van der Waals surface area contributed by atoms with E-state index in [0.717, 1.165) is 17.3 Å². The zero-order chi connectivity index (χ0) is 12.4. The second-order valence-electron chi connectivity index (χ2n) is 4.33. The summed E-state index contributed by atoms with van der Waals surface area (Å²) in [6.45, 7) is 0. The van der Waals surface area contributed by atoms with Crippen LogP contribution in [0.5, 0.6) is 5.75 Å². The van der Waals surface area contributed by atoms with Gasteiger partial charge in [-0.3, -0.25) is 4.98 Å². The van der Waals surface area contributed by atoms with Crippen molar-refractivity contribution in [2.75, 3.05) is 0 Å². The van der Waals surface area contributed by atoms with E-state index < -0.39 is 0 Å². The fourth-order valence-corrected chi connectivity index (χ4v) is 2.17. The van der Waals surface area contributed by atoms with Crippen molar-refractivity contribution in [3.8, 4) is 5.75 Å². The molecule has 0 bridgehead atoms. The fourth-order valence-electron chi connectivity index (χ4n) is 2.17. The summed E-state index contributed by atoms with van der Waals surface area (Å²) >= 11 is 0. The standard InChI is InChI=1S/C16H13NO/c18-14-6-7-15-13(8-9-17-16(15)11-14)10-12-4-2-1-3-5-12/h1-9,11,18H,10H2. The first-order valence-electron chi connectivity index (χ1n) is 5.93. The van der Waals surface area contributed by atoms with Crippen molar-refractivity contribution >= 4 is 10.9 Å². The van der Waals surface area contributed by atoms with Crippen LogP contribution in [0.25, 0.3) is 10.9 Å². The van der Waals surface area contributed by atoms with E-state index in [9.17, 15) is 5.11 Å². The van der Waals surface area contributed by atoms with E-state index in [0.29, 0.717) is 0 Å². The summed E-state index contributed by atoms with van der Waals surface area (Å²) in [7, 11) is 0. The van der Waals surface area contributed by atoms with Crippen LogP contribution in [0.1, 0.15) is 11.1 Å². The average Bonchev–Trinajstić information content (AvgIpc) is 2.40. The number of aromatic nitrogens is 1. The Labute approximate surface area is 106 Å². The summed E-state index contributed by atoms with van der Waals surface area (Å²) in [6.07, 6.45) is 2.67. The Balaban J connectivity index is 2.07. The molecule has 1 heterocycles. The summed E-state index contributed by atoms with van der Waals surface area (Å²) in [6, 6.07) is 17.7. The minimum absolute atomic E-state index is 0.256. The van der Waals surface area contributed by atoms with Crippen LogP contribution in [0.15, 0.2) is 60.8 Å². The van der Waals surface area contributed by atoms with Gasteiger partial charge < -0.3 is 5.11 Å². The van der Waals surface area contributed by atoms with Crippen LogP contribution < -0.4 is 0 Å². The quantitative estimate of drug-likeness (QED) is 0.737. The summed E-state index contributed by atoms with van der Waals surface area (Å²) < 4.78 is 0. The lowest BCUT2D eigenvalue weighted by Gasteiger charge is -2.06. The van der Waals surface area contributed by atoms with E-state index in [1.807, 2.05) is 30.3 Å². The van der Waals surface area contributed by atoms with E-state index >= 15 is 0 Å². The average molecular weight is 235 g/mol. The normalized spacial score (nSPS) is 10.7. The topological polar surface area (TPSA) is 33.1 Å². The molecule has 0 unspecified atom stereocenters. The van der Waals surface area contributed by atoms with Crippen molar-refractivity contribution in [1.82, 2.24) is 4.98 Å². The summed E-state index contributed by atoms with van der Waals surface area (Å²) in [5, 5.41) is 10.6. The molecule has 1 aromatic heterocycles. The molecule has 0 spiro atoms. The first kappa shape index (κ1) is 10.8. The molecule has 0 atom stereocenters. The SMILES string of the molecule is Oc1ccc2c(Cc3ccccc3)ccnc2c1. The summed E-state index contributed by atoms with van der Waals surface area (Å²) in [5.41, 5.74) is 3.34. The van der Waals surface area contributed by atoms with Gasteiger partial charge in [-0.1, -0.05) is 30.3 Å². The highest BCUT2D eigenvalue weighted by Crippen LogP contribution is 2.23. The van der Waals surface area contributed by atoms with E-state index in [1.54, 1.807) is 18.3 Å². The van der Waals surface area contributed by atoms with Crippen LogP contribution >= 0.6 is 0 Å². The number of rotatable bonds is 2. The number of aromatic hydroxyl groups is 1. The zero-order valence-electron chi connectivity index (χ0n) is 9.88. The molecule has 18 heavy (non-hydrogen) atoms. The lowest BCUT2D eigenvalue weighted by atomic mass is 10.0. The second kappa shape index (κ2) is 4.49. The van der Waals surface area contributed by atoms with E-state index in [4.69, 9.17) is 0 Å². The number of phenolic OH excluding ortho intramolecular Hbond substituents is 1. The Morgan fingerprint density at radius 2 is 1.78 bits per heavy atom. The molecule has 0 aliphatic carbocycles. The molecular formula is C16H13NO. The number of phenols is 1. The number of fused-ring (bicyclic) bond motifs is 1. The van der Waals surface area contributed by atoms with E-state index in [1.165, 1.54) is 11.1 Å². The third-order valence-corrected chi connectivity index (χ3v) is 3.05. The summed E-state index contributed by atoms with van der Waals surface area (Å²) in [4.78, 5) is 4.28. The van der Waals surface area contributed by atoms with Gasteiger partial charge in [-0.2, -0.15) is 0 Å². The zero-order valence-corrected chi connectivity index (χ0v) is 9.88. The highest BCUT2D eigenvalue weighted by atomic mass is 16.3. The van der Waals surface area contributed by atoms with Gasteiger partial charge in [0.1, 0.15) is 5.75 Å². The van der Waals surface area contributed by atoms with Crippen LogP contribution in [0.2, 0.25) is 0 Å². The first-order chi connectivity index (χ1) is 8.83. The molecule has 0 aliphatic heterocycles. The molecule has 3 rings (SSSR count). The summed E-state index contributed by atoms with van der Waals surface area (Å²) in [5.74, 6) is 0.256. The van der Waals surface area contributed by atoms with E-state index in [2.05, 4.69) is 17.1 Å². The highest BCUT2D eigenvalue weighted by molar-refractivity contribution is 5.83. The predicted molar refractivity (Wildman–Crippen MR) is 72.7 cm³/mol. The third-order valence-electron chi connectivity index (χ3n) is 3.05. The molecule has 88 valence electrons. The van der Waals surface area contributed by atoms with Crippen LogP contribution in [-0.4, -0.2) is 10.1 Å². The van der Waals surface area contributed by atoms with Gasteiger partial charge in [-0.15, -0.1) is 0 Å². The molecule has 0 fully saturated rings. The van der Waals surface area contributed by atoms with Crippen LogP contribution in [0.3, 0.4) is 0 Å². The predicted octanol–water partition coefficient (Wildman–Crippen LogP) is 3.53. The molecule has 3 aromatic rings. The first-order valence-corrected chi connectivity index (χ1v) is 5.93. The molecule has 0 saturated heterocycles. The maximum atomic E-state index is 9.47. The monoisotopic (exact) mass is 235 g/mol.